The second-order valence-electron chi connectivity index (χ2n) is 4.39. The second kappa shape index (κ2) is 8.00. The van der Waals surface area contributed by atoms with Crippen LogP contribution in [0.3, 0.4) is 0 Å². The van der Waals surface area contributed by atoms with Crippen LogP contribution in [0.15, 0.2) is 34.4 Å². The number of esters is 1. The monoisotopic (exact) mass is 394 g/mol. The van der Waals surface area contributed by atoms with Crippen molar-refractivity contribution in [3.63, 3.8) is 0 Å². The molecule has 0 unspecified atom stereocenters. The van der Waals surface area contributed by atoms with Crippen molar-refractivity contribution < 1.29 is 27.5 Å². The average molecular weight is 395 g/mol. The van der Waals surface area contributed by atoms with Crippen LogP contribution in [0.5, 0.6) is 0 Å². The van der Waals surface area contributed by atoms with Crippen LogP contribution in [0.25, 0.3) is 0 Å². The number of benzene rings is 1. The summed E-state index contributed by atoms with van der Waals surface area (Å²) in [6, 6.07) is 5.20. The molecule has 5 nitrogen and oxygen atoms in total. The summed E-state index contributed by atoms with van der Waals surface area (Å²) in [5.74, 6) is -3.63. The molecule has 0 aliphatic heterocycles. The zero-order valence-corrected chi connectivity index (χ0v) is 13.8. The minimum absolute atomic E-state index is 0.153. The van der Waals surface area contributed by atoms with Gasteiger partial charge in [0.2, 0.25) is 0 Å². The fourth-order valence-electron chi connectivity index (χ4n) is 1.58. The standard InChI is InChI=1S/C14H14BrF3N2O3/c1-3-23-13(22)11(12(21)14(16,17)18)7-19-20-10-5-8(2)4-9(15)6-10/h4-7,19-20H,3H2,1-2H3/b11-7+. The van der Waals surface area contributed by atoms with E-state index in [1.54, 1.807) is 12.1 Å². The zero-order chi connectivity index (χ0) is 17.6. The Bertz CT molecular complexity index is 610. The molecule has 0 saturated heterocycles. The van der Waals surface area contributed by atoms with Crippen LogP contribution in [0.2, 0.25) is 0 Å². The van der Waals surface area contributed by atoms with Crippen molar-refractivity contribution in [1.82, 2.24) is 5.43 Å². The van der Waals surface area contributed by atoms with Crippen molar-refractivity contribution in [3.05, 3.63) is 40.0 Å². The van der Waals surface area contributed by atoms with Gasteiger partial charge in [-0.3, -0.25) is 4.79 Å². The van der Waals surface area contributed by atoms with Crippen molar-refractivity contribution in [2.24, 2.45) is 0 Å². The molecule has 0 aliphatic rings. The van der Waals surface area contributed by atoms with E-state index in [-0.39, 0.29) is 6.61 Å². The Kier molecular flexibility index (Phi) is 6.62. The zero-order valence-electron chi connectivity index (χ0n) is 12.3. The van der Waals surface area contributed by atoms with Gasteiger partial charge in [-0.2, -0.15) is 13.2 Å². The summed E-state index contributed by atoms with van der Waals surface area (Å²) in [4.78, 5) is 22.8. The molecule has 0 aromatic heterocycles. The maximum atomic E-state index is 12.5. The lowest BCUT2D eigenvalue weighted by Gasteiger charge is -2.11. The van der Waals surface area contributed by atoms with Gasteiger partial charge in [-0.1, -0.05) is 15.9 Å². The lowest BCUT2D eigenvalue weighted by molar-refractivity contribution is -0.168. The maximum absolute atomic E-state index is 12.5. The van der Waals surface area contributed by atoms with E-state index in [1.807, 2.05) is 13.0 Å². The van der Waals surface area contributed by atoms with Gasteiger partial charge in [0, 0.05) is 10.7 Å². The highest BCUT2D eigenvalue weighted by Gasteiger charge is 2.43. The molecule has 0 aliphatic carbocycles. The molecule has 0 atom stereocenters. The van der Waals surface area contributed by atoms with Crippen LogP contribution in [-0.2, 0) is 14.3 Å². The fourth-order valence-corrected chi connectivity index (χ4v) is 2.19. The maximum Gasteiger partial charge on any atom is 0.455 e. The minimum Gasteiger partial charge on any atom is -0.462 e. The van der Waals surface area contributed by atoms with Crippen LogP contribution in [-0.4, -0.2) is 24.5 Å². The number of aryl methyl sites for hydroxylation is 1. The first-order valence-electron chi connectivity index (χ1n) is 6.42. The molecule has 1 aromatic carbocycles. The Morgan fingerprint density at radius 2 is 1.96 bits per heavy atom. The van der Waals surface area contributed by atoms with Gasteiger partial charge in [0.25, 0.3) is 5.78 Å². The number of alkyl halides is 3. The Labute approximate surface area is 139 Å². The number of halogens is 4. The largest absolute Gasteiger partial charge is 0.462 e. The number of hydrazine groups is 1. The summed E-state index contributed by atoms with van der Waals surface area (Å²) >= 11 is 3.27. The van der Waals surface area contributed by atoms with E-state index in [1.165, 1.54) is 6.92 Å². The Morgan fingerprint density at radius 1 is 1.30 bits per heavy atom. The first-order valence-corrected chi connectivity index (χ1v) is 7.22. The molecule has 1 rings (SSSR count). The van der Waals surface area contributed by atoms with Gasteiger partial charge >= 0.3 is 12.1 Å². The van der Waals surface area contributed by atoms with Crippen LogP contribution in [0.4, 0.5) is 18.9 Å². The number of ether oxygens (including phenoxy) is 1. The number of nitrogens with one attached hydrogen (secondary N) is 2. The van der Waals surface area contributed by atoms with Crippen molar-refractivity contribution in [1.29, 1.82) is 0 Å². The van der Waals surface area contributed by atoms with Crippen molar-refractivity contribution in [3.8, 4) is 0 Å². The highest BCUT2D eigenvalue weighted by Crippen LogP contribution is 2.21. The third-order valence-corrected chi connectivity index (χ3v) is 2.93. The van der Waals surface area contributed by atoms with Gasteiger partial charge in [-0.25, -0.2) is 4.79 Å². The summed E-state index contributed by atoms with van der Waals surface area (Å²) in [5.41, 5.74) is 5.15. The Morgan fingerprint density at radius 3 is 2.48 bits per heavy atom. The van der Waals surface area contributed by atoms with E-state index in [0.717, 1.165) is 10.0 Å². The van der Waals surface area contributed by atoms with Gasteiger partial charge < -0.3 is 15.6 Å². The second-order valence-corrected chi connectivity index (χ2v) is 5.31. The fraction of sp³-hybridized carbons (Fsp3) is 0.286. The lowest BCUT2D eigenvalue weighted by Crippen LogP contribution is -2.31. The SMILES string of the molecule is CCOC(=O)/C(=C/NNc1cc(C)cc(Br)c1)C(=O)C(F)(F)F. The number of rotatable bonds is 6. The molecular weight excluding hydrogens is 381 g/mol. The molecule has 0 spiro atoms. The Balaban J connectivity index is 2.92. The van der Waals surface area contributed by atoms with E-state index >= 15 is 0 Å². The van der Waals surface area contributed by atoms with Crippen LogP contribution in [0, 0.1) is 6.92 Å². The van der Waals surface area contributed by atoms with Gasteiger partial charge in [0.05, 0.1) is 12.3 Å². The number of carbonyl (C=O) groups is 2. The van der Waals surface area contributed by atoms with Gasteiger partial charge in [0.1, 0.15) is 5.57 Å². The molecule has 0 amide bonds. The number of anilines is 1. The number of Topliss-reactive ketones (excluding diaryl/α,β-unsaturated/α-hetero) is 1. The summed E-state index contributed by atoms with van der Waals surface area (Å²) < 4.78 is 42.7. The van der Waals surface area contributed by atoms with E-state index in [2.05, 4.69) is 31.5 Å². The molecule has 2 N–H and O–H groups in total. The predicted molar refractivity (Wildman–Crippen MR) is 81.4 cm³/mol. The Hall–Kier alpha value is -2.03. The summed E-state index contributed by atoms with van der Waals surface area (Å²) in [5, 5.41) is 0. The first-order chi connectivity index (χ1) is 10.6. The molecule has 0 heterocycles. The van der Waals surface area contributed by atoms with Crippen LogP contribution < -0.4 is 10.9 Å². The highest BCUT2D eigenvalue weighted by atomic mass is 79.9. The van der Waals surface area contributed by atoms with E-state index in [0.29, 0.717) is 11.9 Å². The molecule has 9 heteroatoms. The third-order valence-electron chi connectivity index (χ3n) is 2.47. The predicted octanol–water partition coefficient (Wildman–Crippen LogP) is 3.25. The highest BCUT2D eigenvalue weighted by molar-refractivity contribution is 9.10. The summed E-state index contributed by atoms with van der Waals surface area (Å²) in [6.45, 7) is 3.09. The van der Waals surface area contributed by atoms with Gasteiger partial charge in [-0.15, -0.1) is 0 Å². The molecule has 1 aromatic rings. The van der Waals surface area contributed by atoms with E-state index in [4.69, 9.17) is 0 Å². The molecule has 0 bridgehead atoms. The molecule has 0 saturated carbocycles. The molecule has 126 valence electrons. The molecule has 0 radical (unpaired) electrons. The van der Waals surface area contributed by atoms with E-state index < -0.39 is 23.5 Å². The smallest absolute Gasteiger partial charge is 0.455 e. The van der Waals surface area contributed by atoms with Crippen LogP contribution >= 0.6 is 15.9 Å². The van der Waals surface area contributed by atoms with Gasteiger partial charge in [-0.05, 0) is 37.6 Å². The summed E-state index contributed by atoms with van der Waals surface area (Å²) in [6.07, 6.45) is -4.54. The molecule has 23 heavy (non-hydrogen) atoms. The number of hydrogen-bond donors (Lipinski definition) is 2. The van der Waals surface area contributed by atoms with E-state index in [9.17, 15) is 22.8 Å². The van der Waals surface area contributed by atoms with Crippen molar-refractivity contribution >= 4 is 33.4 Å². The molecule has 0 fully saturated rings. The third kappa shape index (κ3) is 5.93. The number of hydrogen-bond acceptors (Lipinski definition) is 5. The topological polar surface area (TPSA) is 67.4 Å². The normalized spacial score (nSPS) is 11.8. The van der Waals surface area contributed by atoms with Gasteiger partial charge in [0.15, 0.2) is 0 Å². The quantitative estimate of drug-likeness (QED) is 0.255. The minimum atomic E-state index is -5.17. The summed E-state index contributed by atoms with van der Waals surface area (Å²) in [7, 11) is 0. The van der Waals surface area contributed by atoms with Crippen LogP contribution in [0.1, 0.15) is 12.5 Å². The first kappa shape index (κ1) is 19.0. The van der Waals surface area contributed by atoms with Crippen molar-refractivity contribution in [2.45, 2.75) is 20.0 Å². The number of ketones is 1. The molecular formula is C14H14BrF3N2O3. The van der Waals surface area contributed by atoms with Crippen molar-refractivity contribution in [2.75, 3.05) is 12.0 Å². The number of carbonyl (C=O) groups excluding carboxylic acids is 2. The lowest BCUT2D eigenvalue weighted by atomic mass is 10.2. The average Bonchev–Trinajstić information content (AvgIpc) is 2.41.